The lowest BCUT2D eigenvalue weighted by Gasteiger charge is -2.10. The van der Waals surface area contributed by atoms with Crippen LogP contribution in [0.3, 0.4) is 0 Å². The normalized spacial score (nSPS) is 12.9. The molecule has 0 radical (unpaired) electrons. The zero-order valence-corrected chi connectivity index (χ0v) is 12.6. The highest BCUT2D eigenvalue weighted by atomic mass is 79.9. The van der Waals surface area contributed by atoms with Crippen molar-refractivity contribution in [1.82, 2.24) is 9.78 Å². The van der Waals surface area contributed by atoms with Gasteiger partial charge in [0.1, 0.15) is 5.75 Å². The van der Waals surface area contributed by atoms with Gasteiger partial charge in [-0.2, -0.15) is 5.10 Å². The average Bonchev–Trinajstić information content (AvgIpc) is 2.89. The molecule has 0 saturated heterocycles. The van der Waals surface area contributed by atoms with Crippen LogP contribution in [0.1, 0.15) is 11.1 Å². The molecule has 0 fully saturated rings. The minimum Gasteiger partial charge on any atom is -0.493 e. The predicted molar refractivity (Wildman–Crippen MR) is 80.5 cm³/mol. The molecule has 2 aromatic rings. The number of rotatable bonds is 3. The van der Waals surface area contributed by atoms with Gasteiger partial charge in [-0.15, -0.1) is 0 Å². The topological polar surface area (TPSA) is 56.1 Å². The van der Waals surface area contributed by atoms with Gasteiger partial charge in [0.05, 0.1) is 25.0 Å². The highest BCUT2D eigenvalue weighted by Crippen LogP contribution is 2.33. The third kappa shape index (κ3) is 2.43. The van der Waals surface area contributed by atoms with E-state index in [-0.39, 0.29) is 5.56 Å². The molecule has 5 nitrogen and oxygen atoms in total. The molecule has 0 unspecified atom stereocenters. The van der Waals surface area contributed by atoms with Crippen LogP contribution in [0.25, 0.3) is 0 Å². The summed E-state index contributed by atoms with van der Waals surface area (Å²) < 4.78 is 8.10. The molecule has 1 aliphatic rings. The van der Waals surface area contributed by atoms with Crippen molar-refractivity contribution in [2.24, 2.45) is 0 Å². The second-order valence-electron chi connectivity index (χ2n) is 4.64. The van der Waals surface area contributed by atoms with Crippen LogP contribution in [0.4, 0.5) is 5.69 Å². The summed E-state index contributed by atoms with van der Waals surface area (Å²) in [5, 5.41) is 7.07. The Morgan fingerprint density at radius 1 is 1.45 bits per heavy atom. The maximum absolute atomic E-state index is 12.0. The molecule has 2 heterocycles. The van der Waals surface area contributed by atoms with E-state index in [9.17, 15) is 4.79 Å². The van der Waals surface area contributed by atoms with Gasteiger partial charge in [-0.25, -0.2) is 4.68 Å². The van der Waals surface area contributed by atoms with E-state index in [0.717, 1.165) is 22.2 Å². The quantitative estimate of drug-likeness (QED) is 0.932. The van der Waals surface area contributed by atoms with Crippen LogP contribution in [0.15, 0.2) is 33.7 Å². The van der Waals surface area contributed by atoms with Crippen molar-refractivity contribution in [3.05, 3.63) is 50.3 Å². The Morgan fingerprint density at radius 2 is 2.30 bits per heavy atom. The van der Waals surface area contributed by atoms with Crippen LogP contribution in [0, 0.1) is 0 Å². The lowest BCUT2D eigenvalue weighted by Crippen LogP contribution is -2.23. The minimum atomic E-state index is -0.136. The standard InChI is InChI=1S/C14H14BrN3O2/c1-16-12-6-13(19)18(17-7-12)8-10-5-11(15)4-9-2-3-20-14(9)10/h4-7,16H,2-3,8H2,1H3. The average molecular weight is 336 g/mol. The minimum absolute atomic E-state index is 0.136. The number of halogens is 1. The van der Waals surface area contributed by atoms with Crippen molar-refractivity contribution in [3.8, 4) is 5.75 Å². The molecule has 0 spiro atoms. The van der Waals surface area contributed by atoms with Gasteiger partial charge in [0, 0.05) is 29.6 Å². The van der Waals surface area contributed by atoms with E-state index >= 15 is 0 Å². The first-order valence-corrected chi connectivity index (χ1v) is 7.15. The Bertz CT molecular complexity index is 712. The first-order chi connectivity index (χ1) is 9.67. The van der Waals surface area contributed by atoms with E-state index in [2.05, 4.69) is 32.4 Å². The van der Waals surface area contributed by atoms with Gasteiger partial charge < -0.3 is 10.1 Å². The lowest BCUT2D eigenvalue weighted by molar-refractivity contribution is 0.352. The van der Waals surface area contributed by atoms with Gasteiger partial charge in [0.15, 0.2) is 0 Å². The Hall–Kier alpha value is -1.82. The number of ether oxygens (including phenoxy) is 1. The number of hydrogen-bond donors (Lipinski definition) is 1. The van der Waals surface area contributed by atoms with Crippen molar-refractivity contribution in [1.29, 1.82) is 0 Å². The van der Waals surface area contributed by atoms with E-state index in [1.165, 1.54) is 16.3 Å². The third-order valence-corrected chi connectivity index (χ3v) is 3.76. The molecule has 1 aromatic heterocycles. The largest absolute Gasteiger partial charge is 0.493 e. The van der Waals surface area contributed by atoms with Crippen molar-refractivity contribution in [2.75, 3.05) is 19.0 Å². The molecule has 0 bridgehead atoms. The molecule has 0 atom stereocenters. The maximum atomic E-state index is 12.0. The van der Waals surface area contributed by atoms with E-state index in [1.54, 1.807) is 13.2 Å². The summed E-state index contributed by atoms with van der Waals surface area (Å²) in [6, 6.07) is 5.57. The summed E-state index contributed by atoms with van der Waals surface area (Å²) in [5.41, 5.74) is 2.72. The molecule has 0 amide bonds. The zero-order chi connectivity index (χ0) is 14.1. The molecular weight excluding hydrogens is 322 g/mol. The number of benzene rings is 1. The van der Waals surface area contributed by atoms with Crippen LogP contribution in [-0.4, -0.2) is 23.4 Å². The fourth-order valence-corrected chi connectivity index (χ4v) is 2.87. The maximum Gasteiger partial charge on any atom is 0.269 e. The number of hydrogen-bond acceptors (Lipinski definition) is 4. The lowest BCUT2D eigenvalue weighted by atomic mass is 10.1. The Morgan fingerprint density at radius 3 is 3.05 bits per heavy atom. The van der Waals surface area contributed by atoms with Gasteiger partial charge in [0.25, 0.3) is 5.56 Å². The molecule has 3 rings (SSSR count). The molecule has 20 heavy (non-hydrogen) atoms. The van der Waals surface area contributed by atoms with Gasteiger partial charge in [-0.05, 0) is 17.7 Å². The molecule has 104 valence electrons. The summed E-state index contributed by atoms with van der Waals surface area (Å²) in [5.74, 6) is 0.889. The van der Waals surface area contributed by atoms with Crippen molar-refractivity contribution in [2.45, 2.75) is 13.0 Å². The van der Waals surface area contributed by atoms with Crippen molar-refractivity contribution in [3.63, 3.8) is 0 Å². The van der Waals surface area contributed by atoms with Crippen LogP contribution in [0.5, 0.6) is 5.75 Å². The van der Waals surface area contributed by atoms with Gasteiger partial charge in [0.2, 0.25) is 0 Å². The molecular formula is C14H14BrN3O2. The van der Waals surface area contributed by atoms with Crippen LogP contribution in [0.2, 0.25) is 0 Å². The van der Waals surface area contributed by atoms with Gasteiger partial charge in [-0.3, -0.25) is 4.79 Å². The van der Waals surface area contributed by atoms with E-state index < -0.39 is 0 Å². The summed E-state index contributed by atoms with van der Waals surface area (Å²) >= 11 is 3.50. The monoisotopic (exact) mass is 335 g/mol. The fourth-order valence-electron chi connectivity index (χ4n) is 2.31. The number of nitrogens with one attached hydrogen (secondary N) is 1. The SMILES string of the molecule is CNc1cnn(Cc2cc(Br)cc3c2OCC3)c(=O)c1. The third-order valence-electron chi connectivity index (χ3n) is 3.30. The molecule has 1 aromatic carbocycles. The number of fused-ring (bicyclic) bond motifs is 1. The highest BCUT2D eigenvalue weighted by Gasteiger charge is 2.18. The molecule has 6 heteroatoms. The Labute approximate surface area is 124 Å². The van der Waals surface area contributed by atoms with Gasteiger partial charge >= 0.3 is 0 Å². The molecule has 1 N–H and O–H groups in total. The van der Waals surface area contributed by atoms with E-state index in [1.807, 2.05) is 6.07 Å². The number of nitrogens with zero attached hydrogens (tertiary/aromatic N) is 2. The van der Waals surface area contributed by atoms with Crippen molar-refractivity contribution >= 4 is 21.6 Å². The summed E-state index contributed by atoms with van der Waals surface area (Å²) in [4.78, 5) is 12.0. The molecule has 1 aliphatic heterocycles. The van der Waals surface area contributed by atoms with Crippen LogP contribution in [-0.2, 0) is 13.0 Å². The smallest absolute Gasteiger partial charge is 0.269 e. The number of aromatic nitrogens is 2. The first-order valence-electron chi connectivity index (χ1n) is 6.36. The Kier molecular flexibility index (Phi) is 3.48. The molecule has 0 saturated carbocycles. The second kappa shape index (κ2) is 5.28. The fraction of sp³-hybridized carbons (Fsp3) is 0.286. The second-order valence-corrected chi connectivity index (χ2v) is 5.56. The summed E-state index contributed by atoms with van der Waals surface area (Å²) in [7, 11) is 1.76. The predicted octanol–water partition coefficient (Wildman–Crippen LogP) is 2.03. The molecule has 0 aliphatic carbocycles. The summed E-state index contributed by atoms with van der Waals surface area (Å²) in [6.07, 6.45) is 2.54. The van der Waals surface area contributed by atoms with E-state index in [4.69, 9.17) is 4.74 Å². The first kappa shape index (κ1) is 13.2. The van der Waals surface area contributed by atoms with E-state index in [0.29, 0.717) is 18.8 Å². The van der Waals surface area contributed by atoms with Crippen LogP contribution < -0.4 is 15.6 Å². The van der Waals surface area contributed by atoms with Gasteiger partial charge in [-0.1, -0.05) is 15.9 Å². The summed E-state index contributed by atoms with van der Waals surface area (Å²) in [6.45, 7) is 1.10. The Balaban J connectivity index is 1.98. The zero-order valence-electron chi connectivity index (χ0n) is 11.0. The number of anilines is 1. The van der Waals surface area contributed by atoms with Crippen LogP contribution >= 0.6 is 15.9 Å². The highest BCUT2D eigenvalue weighted by molar-refractivity contribution is 9.10. The van der Waals surface area contributed by atoms with Crippen molar-refractivity contribution < 1.29 is 4.74 Å².